The Labute approximate surface area is 121 Å². The summed E-state index contributed by atoms with van der Waals surface area (Å²) in [6, 6.07) is 1.76. The number of likely N-dealkylation sites (N-methyl/N-ethyl adjacent to an activating group) is 1. The number of aliphatic hydroxyl groups is 1. The van der Waals surface area contributed by atoms with Crippen molar-refractivity contribution < 1.29 is 14.6 Å². The van der Waals surface area contributed by atoms with Crippen LogP contribution in [-0.4, -0.2) is 49.3 Å². The Morgan fingerprint density at radius 2 is 2.29 bits per heavy atom. The van der Waals surface area contributed by atoms with Crippen LogP contribution in [-0.2, 0) is 4.74 Å². The van der Waals surface area contributed by atoms with Crippen LogP contribution in [0.5, 0.6) is 0 Å². The van der Waals surface area contributed by atoms with Crippen LogP contribution < -0.4 is 0 Å². The van der Waals surface area contributed by atoms with Crippen molar-refractivity contribution in [2.24, 2.45) is 0 Å². The first-order valence-electron chi connectivity index (χ1n) is 4.83. The Balaban J connectivity index is 2.63. The van der Waals surface area contributed by atoms with Gasteiger partial charge < -0.3 is 14.7 Å². The first-order valence-corrected chi connectivity index (χ1v) is 7.23. The zero-order chi connectivity index (χ0) is 13.0. The van der Waals surface area contributed by atoms with Crippen LogP contribution in [0.2, 0.25) is 0 Å². The van der Waals surface area contributed by atoms with Crippen LogP contribution in [0.4, 0.5) is 0 Å². The van der Waals surface area contributed by atoms with Crippen LogP contribution in [0.25, 0.3) is 0 Å². The van der Waals surface area contributed by atoms with E-state index in [0.29, 0.717) is 4.88 Å². The molecule has 0 aromatic carbocycles. The van der Waals surface area contributed by atoms with E-state index in [9.17, 15) is 9.90 Å². The molecule has 1 aromatic heterocycles. The van der Waals surface area contributed by atoms with Crippen LogP contribution >= 0.6 is 43.2 Å². The summed E-state index contributed by atoms with van der Waals surface area (Å²) in [5, 5.41) is 9.54. The number of aliphatic hydroxyl groups excluding tert-OH is 1. The molecule has 1 heterocycles. The molecule has 7 heteroatoms. The van der Waals surface area contributed by atoms with Gasteiger partial charge in [-0.3, -0.25) is 4.79 Å². The number of carbonyl (C=O) groups is 1. The van der Waals surface area contributed by atoms with E-state index in [0.717, 1.165) is 8.26 Å². The molecule has 17 heavy (non-hydrogen) atoms. The lowest BCUT2D eigenvalue weighted by molar-refractivity contribution is 0.0382. The molecule has 0 aliphatic rings. The summed E-state index contributed by atoms with van der Waals surface area (Å²) in [4.78, 5) is 14.1. The van der Waals surface area contributed by atoms with E-state index in [1.807, 2.05) is 0 Å². The molecule has 96 valence electrons. The van der Waals surface area contributed by atoms with Gasteiger partial charge in [0.2, 0.25) is 0 Å². The second-order valence-corrected chi connectivity index (χ2v) is 6.75. The topological polar surface area (TPSA) is 49.8 Å². The van der Waals surface area contributed by atoms with Gasteiger partial charge in [0.1, 0.15) is 0 Å². The Bertz CT molecular complexity index is 377. The molecule has 1 rings (SSSR count). The zero-order valence-electron chi connectivity index (χ0n) is 9.44. The van der Waals surface area contributed by atoms with E-state index in [-0.39, 0.29) is 19.1 Å². The molecule has 0 aliphatic heterocycles. The minimum Gasteiger partial charge on any atom is -0.389 e. The minimum absolute atomic E-state index is 0.114. The number of methoxy groups -OCH3 is 1. The first-order chi connectivity index (χ1) is 7.95. The van der Waals surface area contributed by atoms with Crippen molar-refractivity contribution >= 4 is 49.1 Å². The highest BCUT2D eigenvalue weighted by Crippen LogP contribution is 2.32. The molecule has 1 amide bonds. The normalized spacial score (nSPS) is 12.5. The predicted octanol–water partition coefficient (Wildman–Crippen LogP) is 2.35. The molecular weight excluding hydrogens is 374 g/mol. The lowest BCUT2D eigenvalue weighted by Gasteiger charge is -2.19. The van der Waals surface area contributed by atoms with Crippen molar-refractivity contribution in [3.05, 3.63) is 19.2 Å². The fraction of sp³-hybridized carbons (Fsp3) is 0.500. The third kappa shape index (κ3) is 4.33. The van der Waals surface area contributed by atoms with Crippen molar-refractivity contribution in [3.63, 3.8) is 0 Å². The fourth-order valence-corrected chi connectivity index (χ4v) is 3.31. The highest BCUT2D eigenvalue weighted by Gasteiger charge is 2.18. The summed E-state index contributed by atoms with van der Waals surface area (Å²) in [6.07, 6.45) is -0.666. The maximum atomic E-state index is 12.0. The molecule has 0 bridgehead atoms. The summed E-state index contributed by atoms with van der Waals surface area (Å²) in [5.74, 6) is -0.114. The third-order valence-electron chi connectivity index (χ3n) is 2.05. The number of nitrogens with zero attached hydrogens (tertiary/aromatic N) is 1. The van der Waals surface area contributed by atoms with Gasteiger partial charge in [0, 0.05) is 25.2 Å². The monoisotopic (exact) mass is 385 g/mol. The molecule has 4 nitrogen and oxygen atoms in total. The van der Waals surface area contributed by atoms with E-state index in [1.165, 1.54) is 23.3 Å². The Kier molecular flexibility index (Phi) is 6.08. The fourth-order valence-electron chi connectivity index (χ4n) is 1.28. The smallest absolute Gasteiger partial charge is 0.263 e. The minimum atomic E-state index is -0.666. The van der Waals surface area contributed by atoms with Crippen molar-refractivity contribution in [3.8, 4) is 0 Å². The maximum absolute atomic E-state index is 12.0. The standard InChI is InChI=1S/C10H13Br2NO3S/c1-13(4-6(14)5-16-2)10(15)8-3-7(11)9(12)17-8/h3,6,14H,4-5H2,1-2H3. The molecule has 1 atom stereocenters. The highest BCUT2D eigenvalue weighted by atomic mass is 79.9. The summed E-state index contributed by atoms with van der Waals surface area (Å²) in [7, 11) is 3.17. The third-order valence-corrected chi connectivity index (χ3v) is 5.29. The van der Waals surface area contributed by atoms with Gasteiger partial charge in [-0.15, -0.1) is 11.3 Å². The second-order valence-electron chi connectivity index (χ2n) is 3.53. The molecular formula is C10H13Br2NO3S. The van der Waals surface area contributed by atoms with E-state index in [1.54, 1.807) is 13.1 Å². The number of halogens is 2. The van der Waals surface area contributed by atoms with Crippen molar-refractivity contribution in [1.82, 2.24) is 4.90 Å². The second kappa shape index (κ2) is 6.84. The van der Waals surface area contributed by atoms with Gasteiger partial charge in [-0.1, -0.05) is 0 Å². The molecule has 0 spiro atoms. The molecule has 1 N–H and O–H groups in total. The molecule has 0 radical (unpaired) electrons. The van der Waals surface area contributed by atoms with E-state index in [4.69, 9.17) is 4.74 Å². The van der Waals surface area contributed by atoms with Gasteiger partial charge in [0.15, 0.2) is 0 Å². The molecule has 0 saturated carbocycles. The van der Waals surface area contributed by atoms with Crippen LogP contribution in [0, 0.1) is 0 Å². The largest absolute Gasteiger partial charge is 0.389 e. The number of thiophene rings is 1. The average molecular weight is 387 g/mol. The quantitative estimate of drug-likeness (QED) is 0.844. The lowest BCUT2D eigenvalue weighted by Crippen LogP contribution is -2.35. The summed E-state index contributed by atoms with van der Waals surface area (Å²) < 4.78 is 6.55. The number of ether oxygens (including phenoxy) is 1. The van der Waals surface area contributed by atoms with Crippen LogP contribution in [0.3, 0.4) is 0 Å². The molecule has 1 aromatic rings. The Hall–Kier alpha value is 0.0500. The summed E-state index contributed by atoms with van der Waals surface area (Å²) in [5.41, 5.74) is 0. The number of carbonyl (C=O) groups excluding carboxylic acids is 1. The first kappa shape index (κ1) is 15.1. The SMILES string of the molecule is COCC(O)CN(C)C(=O)c1cc(Br)c(Br)s1. The Morgan fingerprint density at radius 3 is 2.76 bits per heavy atom. The average Bonchev–Trinajstić information content (AvgIpc) is 2.58. The van der Waals surface area contributed by atoms with E-state index < -0.39 is 6.10 Å². The molecule has 0 fully saturated rings. The van der Waals surface area contributed by atoms with Gasteiger partial charge in [-0.25, -0.2) is 0 Å². The Morgan fingerprint density at radius 1 is 1.65 bits per heavy atom. The van der Waals surface area contributed by atoms with Crippen molar-refractivity contribution in [2.75, 3.05) is 27.3 Å². The number of hydrogen-bond acceptors (Lipinski definition) is 4. The predicted molar refractivity (Wildman–Crippen MR) is 74.6 cm³/mol. The number of rotatable bonds is 5. The van der Waals surface area contributed by atoms with Gasteiger partial charge >= 0.3 is 0 Å². The summed E-state index contributed by atoms with van der Waals surface area (Å²) >= 11 is 8.03. The van der Waals surface area contributed by atoms with Crippen LogP contribution in [0.1, 0.15) is 9.67 Å². The number of hydrogen-bond donors (Lipinski definition) is 1. The molecule has 0 aliphatic carbocycles. The van der Waals surface area contributed by atoms with E-state index >= 15 is 0 Å². The van der Waals surface area contributed by atoms with Gasteiger partial charge in [-0.2, -0.15) is 0 Å². The molecule has 0 saturated heterocycles. The van der Waals surface area contributed by atoms with Crippen molar-refractivity contribution in [2.45, 2.75) is 6.10 Å². The maximum Gasteiger partial charge on any atom is 0.263 e. The van der Waals surface area contributed by atoms with Crippen molar-refractivity contribution in [1.29, 1.82) is 0 Å². The van der Waals surface area contributed by atoms with Gasteiger partial charge in [0.25, 0.3) is 5.91 Å². The zero-order valence-corrected chi connectivity index (χ0v) is 13.4. The van der Waals surface area contributed by atoms with Gasteiger partial charge in [-0.05, 0) is 37.9 Å². The highest BCUT2D eigenvalue weighted by molar-refractivity contribution is 9.13. The molecule has 1 unspecified atom stereocenters. The number of amides is 1. The van der Waals surface area contributed by atoms with E-state index in [2.05, 4.69) is 31.9 Å². The summed E-state index contributed by atoms with van der Waals surface area (Å²) in [6.45, 7) is 0.468. The van der Waals surface area contributed by atoms with Crippen LogP contribution in [0.15, 0.2) is 14.3 Å². The lowest BCUT2D eigenvalue weighted by atomic mass is 10.3. The van der Waals surface area contributed by atoms with Gasteiger partial charge in [0.05, 0.1) is 21.4 Å².